The highest BCUT2D eigenvalue weighted by atomic mass is 35.5. The van der Waals surface area contributed by atoms with Crippen LogP contribution < -0.4 is 25.9 Å². The number of nitrogens with two attached hydrogens (primary N) is 1. The summed E-state index contributed by atoms with van der Waals surface area (Å²) in [7, 11) is 3.72. The summed E-state index contributed by atoms with van der Waals surface area (Å²) in [6.45, 7) is 5.90. The number of nitrogens with one attached hydrogen (secondary N) is 2. The Balaban J connectivity index is 0.00000324. The van der Waals surface area contributed by atoms with Gasteiger partial charge >= 0.3 is 0 Å². The van der Waals surface area contributed by atoms with Crippen LogP contribution in [-0.2, 0) is 5.79 Å². The monoisotopic (exact) mass is 513 g/mol. The van der Waals surface area contributed by atoms with Gasteiger partial charge in [-0.25, -0.2) is 4.39 Å². The maximum Gasteiger partial charge on any atom is 0.232 e. The van der Waals surface area contributed by atoms with Crippen LogP contribution in [0.4, 0.5) is 15.8 Å². The topological polar surface area (TPSA) is 99.7 Å². The lowest BCUT2D eigenvalue weighted by Crippen LogP contribution is -2.44. The Kier molecular flexibility index (Phi) is 8.78. The van der Waals surface area contributed by atoms with Crippen molar-refractivity contribution in [1.29, 1.82) is 0 Å². The number of ether oxygens (including phenoxy) is 2. The van der Waals surface area contributed by atoms with Crippen LogP contribution in [0.15, 0.2) is 40.7 Å². The summed E-state index contributed by atoms with van der Waals surface area (Å²) in [5.74, 6) is -0.807. The van der Waals surface area contributed by atoms with E-state index in [1.165, 1.54) is 18.2 Å². The SMILES string of the molecule is COc1cc2c(cc1OCCCN1CCN(C)CC1)NN=NC2(N)Nc1ccc(F)c(Cl)c1.Cl. The fourth-order valence-electron chi connectivity index (χ4n) is 3.88. The third kappa shape index (κ3) is 6.00. The van der Waals surface area contributed by atoms with E-state index < -0.39 is 11.6 Å². The molecule has 1 unspecified atom stereocenters. The highest BCUT2D eigenvalue weighted by Gasteiger charge is 2.34. The number of hydrogen-bond donors (Lipinski definition) is 3. The fourth-order valence-corrected chi connectivity index (χ4v) is 4.06. The van der Waals surface area contributed by atoms with Gasteiger partial charge in [0.15, 0.2) is 11.5 Å². The summed E-state index contributed by atoms with van der Waals surface area (Å²) < 4.78 is 25.1. The lowest BCUT2D eigenvalue weighted by atomic mass is 10.0. The molecule has 0 aliphatic carbocycles. The van der Waals surface area contributed by atoms with E-state index in [4.69, 9.17) is 26.8 Å². The first-order valence-corrected chi connectivity index (χ1v) is 11.2. The number of nitrogens with zero attached hydrogens (tertiary/aromatic N) is 4. The maximum absolute atomic E-state index is 13.5. The van der Waals surface area contributed by atoms with Crippen LogP contribution in [0.25, 0.3) is 0 Å². The van der Waals surface area contributed by atoms with Gasteiger partial charge in [-0.3, -0.25) is 11.2 Å². The summed E-state index contributed by atoms with van der Waals surface area (Å²) >= 11 is 5.90. The van der Waals surface area contributed by atoms with E-state index in [1.807, 2.05) is 0 Å². The summed E-state index contributed by atoms with van der Waals surface area (Å²) in [5, 5.41) is 11.1. The molecule has 186 valence electrons. The first kappa shape index (κ1) is 26.2. The van der Waals surface area contributed by atoms with E-state index in [1.54, 1.807) is 19.2 Å². The standard InChI is InChI=1S/C22H29ClFN7O2.ClH/c1-30-7-9-31(10-8-30)6-3-11-33-21-14-19-16(13-20(21)32-2)22(25,28-29-27-19)26-15-4-5-18(24)17(23)12-15;/h4-5,12-14,26H,3,6-11,25H2,1-2H3,(H,27,28);1H. The zero-order chi connectivity index (χ0) is 23.4. The predicted octanol–water partition coefficient (Wildman–Crippen LogP) is 3.90. The number of anilines is 2. The van der Waals surface area contributed by atoms with Crippen molar-refractivity contribution in [2.45, 2.75) is 12.2 Å². The molecule has 2 aliphatic heterocycles. The Hall–Kier alpha value is -2.37. The molecule has 0 saturated carbocycles. The number of halogens is 3. The number of likely N-dealkylation sites (N-methyl/N-ethyl adjacent to an activating group) is 1. The lowest BCUT2D eigenvalue weighted by Gasteiger charge is -2.32. The normalized spacial score (nSPS) is 20.1. The van der Waals surface area contributed by atoms with E-state index in [-0.39, 0.29) is 17.4 Å². The van der Waals surface area contributed by atoms with Crippen molar-refractivity contribution >= 4 is 35.4 Å². The van der Waals surface area contributed by atoms with Crippen LogP contribution in [0.1, 0.15) is 12.0 Å². The average molecular weight is 514 g/mol. The van der Waals surface area contributed by atoms with Crippen molar-refractivity contribution in [3.8, 4) is 11.5 Å². The first-order chi connectivity index (χ1) is 15.9. The third-order valence-electron chi connectivity index (χ3n) is 5.82. The molecule has 1 saturated heterocycles. The minimum Gasteiger partial charge on any atom is -0.493 e. The van der Waals surface area contributed by atoms with Crippen LogP contribution in [0.2, 0.25) is 5.02 Å². The van der Waals surface area contributed by atoms with Crippen LogP contribution in [0, 0.1) is 5.82 Å². The lowest BCUT2D eigenvalue weighted by molar-refractivity contribution is 0.145. The molecule has 4 N–H and O–H groups in total. The van der Waals surface area contributed by atoms with Crippen molar-refractivity contribution in [1.82, 2.24) is 9.80 Å². The third-order valence-corrected chi connectivity index (χ3v) is 6.11. The molecule has 1 atom stereocenters. The second kappa shape index (κ2) is 11.4. The zero-order valence-corrected chi connectivity index (χ0v) is 20.8. The second-order valence-electron chi connectivity index (χ2n) is 8.23. The summed E-state index contributed by atoms with van der Waals surface area (Å²) in [4.78, 5) is 4.79. The van der Waals surface area contributed by atoms with E-state index in [2.05, 4.69) is 37.9 Å². The number of methoxy groups -OCH3 is 1. The molecule has 2 heterocycles. The van der Waals surface area contributed by atoms with Crippen LogP contribution in [-0.4, -0.2) is 63.3 Å². The van der Waals surface area contributed by atoms with Crippen molar-refractivity contribution in [2.24, 2.45) is 16.1 Å². The Morgan fingerprint density at radius 2 is 1.97 bits per heavy atom. The molecular weight excluding hydrogens is 484 g/mol. The molecule has 4 rings (SSSR count). The number of rotatable bonds is 8. The van der Waals surface area contributed by atoms with E-state index in [0.29, 0.717) is 35.0 Å². The van der Waals surface area contributed by atoms with Gasteiger partial charge < -0.3 is 24.6 Å². The molecule has 2 aromatic rings. The van der Waals surface area contributed by atoms with Gasteiger partial charge in [0.25, 0.3) is 0 Å². The molecule has 0 radical (unpaired) electrons. The minimum atomic E-state index is -1.41. The fraction of sp³-hybridized carbons (Fsp3) is 0.455. The van der Waals surface area contributed by atoms with Gasteiger partial charge in [-0.05, 0) is 37.7 Å². The average Bonchev–Trinajstić information content (AvgIpc) is 2.80. The molecule has 2 aromatic carbocycles. The number of fused-ring (bicyclic) bond motifs is 1. The highest BCUT2D eigenvalue weighted by molar-refractivity contribution is 6.31. The molecule has 12 heteroatoms. The molecule has 0 aromatic heterocycles. The molecular formula is C22H30Cl2FN7O2. The smallest absolute Gasteiger partial charge is 0.232 e. The van der Waals surface area contributed by atoms with Crippen LogP contribution in [0.3, 0.4) is 0 Å². The Morgan fingerprint density at radius 1 is 1.21 bits per heavy atom. The van der Waals surface area contributed by atoms with E-state index in [9.17, 15) is 4.39 Å². The number of hydrogen-bond acceptors (Lipinski definition) is 9. The van der Waals surface area contributed by atoms with Crippen molar-refractivity contribution in [2.75, 3.05) is 64.2 Å². The van der Waals surface area contributed by atoms with Gasteiger partial charge in [0.1, 0.15) is 5.82 Å². The zero-order valence-electron chi connectivity index (χ0n) is 19.2. The molecule has 0 bridgehead atoms. The summed E-state index contributed by atoms with van der Waals surface area (Å²) in [5.41, 5.74) is 11.1. The van der Waals surface area contributed by atoms with Crippen LogP contribution in [0.5, 0.6) is 11.5 Å². The molecule has 2 aliphatic rings. The van der Waals surface area contributed by atoms with Gasteiger partial charge in [-0.15, -0.1) is 17.5 Å². The molecule has 0 amide bonds. The highest BCUT2D eigenvalue weighted by Crippen LogP contribution is 2.41. The Bertz CT molecular complexity index is 1020. The summed E-state index contributed by atoms with van der Waals surface area (Å²) in [6, 6.07) is 7.78. The molecule has 34 heavy (non-hydrogen) atoms. The Labute approximate surface area is 209 Å². The van der Waals surface area contributed by atoms with Crippen LogP contribution >= 0.6 is 24.0 Å². The van der Waals surface area contributed by atoms with Gasteiger partial charge in [-0.1, -0.05) is 16.8 Å². The minimum absolute atomic E-state index is 0. The van der Waals surface area contributed by atoms with Crippen molar-refractivity contribution in [3.63, 3.8) is 0 Å². The predicted molar refractivity (Wildman–Crippen MR) is 134 cm³/mol. The van der Waals surface area contributed by atoms with Gasteiger partial charge in [0.2, 0.25) is 5.79 Å². The van der Waals surface area contributed by atoms with Gasteiger partial charge in [0.05, 0.1) is 24.4 Å². The van der Waals surface area contributed by atoms with Gasteiger partial charge in [0, 0.05) is 50.0 Å². The first-order valence-electron chi connectivity index (χ1n) is 10.8. The molecule has 9 nitrogen and oxygen atoms in total. The van der Waals surface area contributed by atoms with Crippen molar-refractivity contribution < 1.29 is 13.9 Å². The number of benzene rings is 2. The number of piperazine rings is 1. The second-order valence-corrected chi connectivity index (χ2v) is 8.63. The van der Waals surface area contributed by atoms with E-state index in [0.717, 1.165) is 39.1 Å². The Morgan fingerprint density at radius 3 is 2.68 bits per heavy atom. The molecule has 0 spiro atoms. The summed E-state index contributed by atoms with van der Waals surface area (Å²) in [6.07, 6.45) is 0.908. The maximum atomic E-state index is 13.5. The van der Waals surface area contributed by atoms with Gasteiger partial charge in [-0.2, -0.15) is 0 Å². The largest absolute Gasteiger partial charge is 0.493 e. The molecule has 1 fully saturated rings. The van der Waals surface area contributed by atoms with Crippen molar-refractivity contribution in [3.05, 3.63) is 46.7 Å². The quantitative estimate of drug-likeness (QED) is 0.363. The van der Waals surface area contributed by atoms with E-state index >= 15 is 0 Å².